The average Bonchev–Trinajstić information content (AvgIpc) is 3.22. The molecule has 0 radical (unpaired) electrons. The quantitative estimate of drug-likeness (QED) is 0.805. The van der Waals surface area contributed by atoms with E-state index in [-0.39, 0.29) is 5.91 Å². The molecule has 28 heavy (non-hydrogen) atoms. The minimum atomic E-state index is -0.781. The first-order chi connectivity index (χ1) is 13.6. The van der Waals surface area contributed by atoms with Crippen molar-refractivity contribution in [2.45, 2.75) is 25.8 Å². The van der Waals surface area contributed by atoms with Crippen molar-refractivity contribution in [1.29, 1.82) is 0 Å². The number of hydrogen-bond acceptors (Lipinski definition) is 3. The molecule has 4 nitrogen and oxygen atoms in total. The summed E-state index contributed by atoms with van der Waals surface area (Å²) in [6.45, 7) is 3.82. The van der Waals surface area contributed by atoms with Crippen LogP contribution in [0.15, 0.2) is 42.7 Å². The zero-order valence-electron chi connectivity index (χ0n) is 15.9. The summed E-state index contributed by atoms with van der Waals surface area (Å²) < 4.78 is 27.3. The van der Waals surface area contributed by atoms with Crippen LogP contribution in [-0.4, -0.2) is 46.9 Å². The second kappa shape index (κ2) is 8.35. The van der Waals surface area contributed by atoms with Gasteiger partial charge in [0.05, 0.1) is 5.56 Å². The number of carbonyl (C=O) groups excluding carboxylic acids is 1. The van der Waals surface area contributed by atoms with Gasteiger partial charge in [-0.3, -0.25) is 14.7 Å². The van der Waals surface area contributed by atoms with Crippen LogP contribution in [0.25, 0.3) is 0 Å². The van der Waals surface area contributed by atoms with E-state index in [0.717, 1.165) is 51.5 Å². The summed E-state index contributed by atoms with van der Waals surface area (Å²) in [7, 11) is 0. The fourth-order valence-electron chi connectivity index (χ4n) is 4.52. The Morgan fingerprint density at radius 2 is 1.82 bits per heavy atom. The zero-order valence-corrected chi connectivity index (χ0v) is 15.9. The van der Waals surface area contributed by atoms with Gasteiger partial charge in [-0.1, -0.05) is 12.1 Å². The number of carbonyl (C=O) groups is 1. The van der Waals surface area contributed by atoms with Crippen LogP contribution in [0.1, 0.15) is 35.2 Å². The van der Waals surface area contributed by atoms with Crippen molar-refractivity contribution in [3.63, 3.8) is 0 Å². The molecule has 2 saturated heterocycles. The summed E-state index contributed by atoms with van der Waals surface area (Å²) in [5.41, 5.74) is 1.07. The third-order valence-corrected chi connectivity index (χ3v) is 6.14. The Labute approximate surface area is 164 Å². The van der Waals surface area contributed by atoms with Gasteiger partial charge in [-0.25, -0.2) is 8.78 Å². The topological polar surface area (TPSA) is 36.4 Å². The Kier molecular flexibility index (Phi) is 5.67. The third-order valence-electron chi connectivity index (χ3n) is 6.14. The van der Waals surface area contributed by atoms with Gasteiger partial charge < -0.3 is 4.90 Å². The molecule has 0 saturated carbocycles. The minimum Gasteiger partial charge on any atom is -0.338 e. The molecule has 1 aromatic carbocycles. The van der Waals surface area contributed by atoms with E-state index in [2.05, 4.69) is 9.88 Å². The van der Waals surface area contributed by atoms with Crippen molar-refractivity contribution in [1.82, 2.24) is 14.8 Å². The number of halogens is 2. The number of pyridine rings is 1. The van der Waals surface area contributed by atoms with E-state index in [1.165, 1.54) is 0 Å². The normalized spacial score (nSPS) is 21.2. The first-order valence-corrected chi connectivity index (χ1v) is 9.96. The van der Waals surface area contributed by atoms with Crippen LogP contribution in [0, 0.1) is 23.5 Å². The summed E-state index contributed by atoms with van der Waals surface area (Å²) in [5.74, 6) is -0.342. The fourth-order valence-corrected chi connectivity index (χ4v) is 4.52. The summed E-state index contributed by atoms with van der Waals surface area (Å²) >= 11 is 0. The van der Waals surface area contributed by atoms with E-state index >= 15 is 0 Å². The molecule has 1 aromatic heterocycles. The summed E-state index contributed by atoms with van der Waals surface area (Å²) in [4.78, 5) is 20.8. The van der Waals surface area contributed by atoms with Gasteiger partial charge >= 0.3 is 0 Å². The molecule has 148 valence electrons. The average molecular weight is 385 g/mol. The molecule has 2 fully saturated rings. The summed E-state index contributed by atoms with van der Waals surface area (Å²) in [6, 6.07) is 7.98. The molecule has 1 unspecified atom stereocenters. The van der Waals surface area contributed by atoms with Crippen molar-refractivity contribution >= 4 is 5.91 Å². The standard InChI is InChI=1S/C22H25F2N3O/c23-20-5-1-3-19(21(20)24)14-26-10-6-16(7-11-26)18-8-12-27(15-18)22(28)17-4-2-9-25-13-17/h1-5,9,13,16,18H,6-8,10-12,14-15H2. The second-order valence-electron chi connectivity index (χ2n) is 7.87. The number of aromatic nitrogens is 1. The van der Waals surface area contributed by atoms with Crippen molar-refractivity contribution in [3.05, 3.63) is 65.5 Å². The molecule has 0 aliphatic carbocycles. The summed E-state index contributed by atoms with van der Waals surface area (Å²) in [6.07, 6.45) is 6.41. The number of benzene rings is 1. The predicted molar refractivity (Wildman–Crippen MR) is 103 cm³/mol. The van der Waals surface area contributed by atoms with E-state index in [0.29, 0.717) is 29.5 Å². The van der Waals surface area contributed by atoms with Crippen molar-refractivity contribution in [3.8, 4) is 0 Å². The van der Waals surface area contributed by atoms with Gasteiger partial charge in [-0.15, -0.1) is 0 Å². The van der Waals surface area contributed by atoms with E-state index in [9.17, 15) is 13.6 Å². The molecule has 2 aliphatic heterocycles. The smallest absolute Gasteiger partial charge is 0.255 e. The van der Waals surface area contributed by atoms with E-state index in [1.54, 1.807) is 30.6 Å². The van der Waals surface area contributed by atoms with Gasteiger partial charge in [-0.05, 0) is 62.4 Å². The highest BCUT2D eigenvalue weighted by atomic mass is 19.2. The first kappa shape index (κ1) is 19.0. The van der Waals surface area contributed by atoms with Crippen LogP contribution in [0.4, 0.5) is 8.78 Å². The predicted octanol–water partition coefficient (Wildman–Crippen LogP) is 3.73. The monoisotopic (exact) mass is 385 g/mol. The SMILES string of the molecule is O=C(c1cccnc1)N1CCC(C2CCN(Cc3cccc(F)c3F)CC2)C1. The lowest BCUT2D eigenvalue weighted by Gasteiger charge is -2.35. The molecule has 3 heterocycles. The molecule has 2 aromatic rings. The van der Waals surface area contributed by atoms with Gasteiger partial charge in [0.15, 0.2) is 11.6 Å². The maximum absolute atomic E-state index is 13.9. The molecule has 4 rings (SSSR count). The van der Waals surface area contributed by atoms with Crippen LogP contribution in [0.2, 0.25) is 0 Å². The number of amides is 1. The Morgan fingerprint density at radius 1 is 1.04 bits per heavy atom. The van der Waals surface area contributed by atoms with Crippen LogP contribution < -0.4 is 0 Å². The molecule has 0 N–H and O–H groups in total. The second-order valence-corrected chi connectivity index (χ2v) is 7.87. The number of piperidine rings is 1. The van der Waals surface area contributed by atoms with E-state index < -0.39 is 11.6 Å². The van der Waals surface area contributed by atoms with Crippen LogP contribution in [-0.2, 0) is 6.54 Å². The highest BCUT2D eigenvalue weighted by Crippen LogP contribution is 2.33. The third kappa shape index (κ3) is 4.07. The highest BCUT2D eigenvalue weighted by molar-refractivity contribution is 5.94. The van der Waals surface area contributed by atoms with E-state index in [4.69, 9.17) is 0 Å². The lowest BCUT2D eigenvalue weighted by molar-refractivity contribution is 0.0772. The number of nitrogens with zero attached hydrogens (tertiary/aromatic N) is 3. The highest BCUT2D eigenvalue weighted by Gasteiger charge is 2.34. The summed E-state index contributed by atoms with van der Waals surface area (Å²) in [5, 5.41) is 0. The lowest BCUT2D eigenvalue weighted by atomic mass is 9.83. The molecule has 1 amide bonds. The molecule has 0 spiro atoms. The molecule has 1 atom stereocenters. The Balaban J connectivity index is 1.29. The van der Waals surface area contributed by atoms with Crippen molar-refractivity contribution in [2.24, 2.45) is 11.8 Å². The van der Waals surface area contributed by atoms with Crippen molar-refractivity contribution < 1.29 is 13.6 Å². The number of likely N-dealkylation sites (tertiary alicyclic amines) is 2. The largest absolute Gasteiger partial charge is 0.338 e. The minimum absolute atomic E-state index is 0.0645. The Morgan fingerprint density at radius 3 is 2.57 bits per heavy atom. The zero-order chi connectivity index (χ0) is 19.5. The first-order valence-electron chi connectivity index (χ1n) is 9.96. The molecular weight excluding hydrogens is 360 g/mol. The van der Waals surface area contributed by atoms with Crippen LogP contribution >= 0.6 is 0 Å². The number of rotatable bonds is 4. The van der Waals surface area contributed by atoms with Gasteiger partial charge in [0.25, 0.3) is 5.91 Å². The number of hydrogen-bond donors (Lipinski definition) is 0. The molecule has 2 aliphatic rings. The van der Waals surface area contributed by atoms with Gasteiger partial charge in [-0.2, -0.15) is 0 Å². The Hall–Kier alpha value is -2.34. The maximum Gasteiger partial charge on any atom is 0.255 e. The van der Waals surface area contributed by atoms with Crippen molar-refractivity contribution in [2.75, 3.05) is 26.2 Å². The van der Waals surface area contributed by atoms with E-state index in [1.807, 2.05) is 11.0 Å². The lowest BCUT2D eigenvalue weighted by Crippen LogP contribution is -2.37. The fraction of sp³-hybridized carbons (Fsp3) is 0.455. The Bertz CT molecular complexity index is 822. The van der Waals surface area contributed by atoms with Gasteiger partial charge in [0.2, 0.25) is 0 Å². The molecular formula is C22H25F2N3O. The van der Waals surface area contributed by atoms with Crippen LogP contribution in [0.3, 0.4) is 0 Å². The van der Waals surface area contributed by atoms with Gasteiger partial charge in [0.1, 0.15) is 0 Å². The molecule has 0 bridgehead atoms. The van der Waals surface area contributed by atoms with Gasteiger partial charge in [0, 0.05) is 37.6 Å². The molecule has 6 heteroatoms. The van der Waals surface area contributed by atoms with Crippen LogP contribution in [0.5, 0.6) is 0 Å². The maximum atomic E-state index is 13.9.